The second-order valence-corrected chi connectivity index (χ2v) is 9.31. The Morgan fingerprint density at radius 3 is 2.47 bits per heavy atom. The molecule has 2 amide bonds. The summed E-state index contributed by atoms with van der Waals surface area (Å²) in [6, 6.07) is -0.806. The molecule has 0 spiro atoms. The van der Waals surface area contributed by atoms with Crippen molar-refractivity contribution in [3.63, 3.8) is 0 Å². The van der Waals surface area contributed by atoms with Gasteiger partial charge in [0.2, 0.25) is 11.8 Å². The van der Waals surface area contributed by atoms with E-state index in [1.807, 2.05) is 0 Å². The van der Waals surface area contributed by atoms with Gasteiger partial charge in [-0.3, -0.25) is 14.5 Å². The van der Waals surface area contributed by atoms with Gasteiger partial charge in [0.15, 0.2) is 6.29 Å². The van der Waals surface area contributed by atoms with Crippen LogP contribution in [0, 0.1) is 5.92 Å². The van der Waals surface area contributed by atoms with Gasteiger partial charge < -0.3 is 38.5 Å². The normalized spacial score (nSPS) is 35.7. The number of rotatable bonds is 13. The summed E-state index contributed by atoms with van der Waals surface area (Å²) >= 11 is -1.41. The van der Waals surface area contributed by atoms with Crippen molar-refractivity contribution < 1.29 is 48.0 Å². The molecular formula is C19H32N2O10S. The third-order valence-corrected chi connectivity index (χ3v) is 6.29. The van der Waals surface area contributed by atoms with Crippen LogP contribution in [0.5, 0.6) is 0 Å². The molecule has 3 saturated heterocycles. The molecule has 12 nitrogen and oxygen atoms in total. The van der Waals surface area contributed by atoms with E-state index in [0.29, 0.717) is 13.2 Å². The fraction of sp³-hybridized carbons (Fsp3) is 0.895. The van der Waals surface area contributed by atoms with E-state index in [1.165, 1.54) is 11.2 Å². The third kappa shape index (κ3) is 5.97. The average Bonchev–Trinajstić information content (AvgIpc) is 3.25. The minimum Gasteiger partial charge on any atom is -0.598 e. The number of nitrogens with zero attached hydrogens (tertiary/aromatic N) is 1. The van der Waals surface area contributed by atoms with Gasteiger partial charge in [-0.05, 0) is 0 Å². The Morgan fingerprint density at radius 1 is 1.19 bits per heavy atom. The molecule has 2 bridgehead atoms. The number of fused-ring (bicyclic) bond motifs is 2. The minimum atomic E-state index is -1.41. The van der Waals surface area contributed by atoms with Gasteiger partial charge in [-0.25, -0.2) is 0 Å². The molecule has 3 rings (SSSR count). The quantitative estimate of drug-likeness (QED) is 0.146. The van der Waals surface area contributed by atoms with Crippen molar-refractivity contribution in [1.29, 1.82) is 0 Å². The van der Waals surface area contributed by atoms with Gasteiger partial charge in [0.05, 0.1) is 52.8 Å². The summed E-state index contributed by atoms with van der Waals surface area (Å²) in [5.74, 6) is -0.572. The Balaban J connectivity index is 1.24. The highest BCUT2D eigenvalue weighted by Gasteiger charge is 2.60. The maximum atomic E-state index is 11.8. The summed E-state index contributed by atoms with van der Waals surface area (Å²) in [5.41, 5.74) is -1.19. The van der Waals surface area contributed by atoms with Crippen LogP contribution in [0.2, 0.25) is 0 Å². The number of carbonyl (C=O) groups is 2. The fourth-order valence-electron chi connectivity index (χ4n) is 3.93. The molecule has 3 heterocycles. The maximum Gasteiger partial charge on any atom is 0.232 e. The van der Waals surface area contributed by atoms with Crippen LogP contribution in [-0.2, 0) is 44.6 Å². The van der Waals surface area contributed by atoms with Crippen LogP contribution in [0.3, 0.4) is 0 Å². The molecule has 0 aromatic rings. The Kier molecular flexibility index (Phi) is 9.26. The lowest BCUT2D eigenvalue weighted by atomic mass is 9.89. The first-order valence-electron chi connectivity index (χ1n) is 10.6. The molecule has 13 heteroatoms. The topological polar surface area (TPSA) is 159 Å². The number of carbonyl (C=O) groups excluding carboxylic acids is 2. The summed E-state index contributed by atoms with van der Waals surface area (Å²) < 4.78 is 41.7. The predicted molar refractivity (Wildman–Crippen MR) is 110 cm³/mol. The van der Waals surface area contributed by atoms with E-state index in [2.05, 4.69) is 4.72 Å². The molecule has 0 radical (unpaired) electrons. The molecule has 3 aliphatic rings. The molecule has 3 aliphatic heterocycles. The van der Waals surface area contributed by atoms with Crippen molar-refractivity contribution in [1.82, 2.24) is 9.62 Å². The zero-order chi connectivity index (χ0) is 23.3. The molecule has 0 aromatic carbocycles. The molecule has 184 valence electrons. The first-order chi connectivity index (χ1) is 15.2. The standard InChI is InChI=1S/C19H32N2O10S/c1-12-9-13(22)21(17(12)25)3-4-27-5-6-28-7-8-29-10-19-11-30-18(31-19)14(20-32(2)26)15(23)16(19)24/h12,14-16,18,20,23-24H,3-11H2,1-2H3/t12?,14-,15?,16?,18-,19-,32?/m0/s1. The predicted octanol–water partition coefficient (Wildman–Crippen LogP) is -2.47. The van der Waals surface area contributed by atoms with Crippen molar-refractivity contribution in [2.75, 3.05) is 59.0 Å². The monoisotopic (exact) mass is 480 g/mol. The maximum absolute atomic E-state index is 11.8. The molecule has 7 atom stereocenters. The van der Waals surface area contributed by atoms with E-state index in [1.54, 1.807) is 6.92 Å². The van der Waals surface area contributed by atoms with Crippen molar-refractivity contribution in [3.8, 4) is 0 Å². The summed E-state index contributed by atoms with van der Waals surface area (Å²) in [4.78, 5) is 24.7. The van der Waals surface area contributed by atoms with Crippen LogP contribution < -0.4 is 4.72 Å². The second kappa shape index (κ2) is 11.5. The van der Waals surface area contributed by atoms with Gasteiger partial charge >= 0.3 is 0 Å². The smallest absolute Gasteiger partial charge is 0.232 e. The van der Waals surface area contributed by atoms with E-state index in [-0.39, 0.29) is 63.7 Å². The molecule has 0 aromatic heterocycles. The lowest BCUT2D eigenvalue weighted by Gasteiger charge is -2.42. The number of hydrogen-bond donors (Lipinski definition) is 3. The Morgan fingerprint density at radius 2 is 1.84 bits per heavy atom. The largest absolute Gasteiger partial charge is 0.598 e. The summed E-state index contributed by atoms with van der Waals surface area (Å²) in [5, 5.41) is 20.8. The number of amides is 2. The molecule has 4 unspecified atom stereocenters. The van der Waals surface area contributed by atoms with Crippen LogP contribution in [0.4, 0.5) is 0 Å². The highest BCUT2D eigenvalue weighted by Crippen LogP contribution is 2.37. The summed E-state index contributed by atoms with van der Waals surface area (Å²) in [7, 11) is 0. The molecule has 32 heavy (non-hydrogen) atoms. The molecular weight excluding hydrogens is 448 g/mol. The number of likely N-dealkylation sites (tertiary alicyclic amines) is 1. The van der Waals surface area contributed by atoms with Gasteiger partial charge in [-0.1, -0.05) is 6.92 Å². The number of ether oxygens (including phenoxy) is 5. The minimum absolute atomic E-state index is 0.000163. The van der Waals surface area contributed by atoms with Crippen molar-refractivity contribution in [2.45, 2.75) is 43.5 Å². The van der Waals surface area contributed by atoms with Gasteiger partial charge in [-0.2, -0.15) is 0 Å². The number of nitrogens with one attached hydrogen (secondary N) is 1. The van der Waals surface area contributed by atoms with Crippen molar-refractivity contribution in [2.24, 2.45) is 5.92 Å². The molecule has 0 aliphatic carbocycles. The molecule has 0 saturated carbocycles. The summed E-state index contributed by atoms with van der Waals surface area (Å²) in [6.45, 7) is 3.42. The van der Waals surface area contributed by atoms with Crippen LogP contribution in [0.25, 0.3) is 0 Å². The van der Waals surface area contributed by atoms with Crippen molar-refractivity contribution in [3.05, 3.63) is 0 Å². The molecule has 3 N–H and O–H groups in total. The third-order valence-electron chi connectivity index (χ3n) is 5.69. The molecule has 3 fully saturated rings. The Labute approximate surface area is 189 Å². The van der Waals surface area contributed by atoms with E-state index in [9.17, 15) is 24.4 Å². The van der Waals surface area contributed by atoms with Crippen LogP contribution in [0.1, 0.15) is 13.3 Å². The zero-order valence-electron chi connectivity index (χ0n) is 18.3. The van der Waals surface area contributed by atoms with E-state index in [4.69, 9.17) is 23.7 Å². The van der Waals surface area contributed by atoms with Crippen LogP contribution in [0.15, 0.2) is 0 Å². The lowest BCUT2D eigenvalue weighted by Crippen LogP contribution is -2.66. The first-order valence-corrected chi connectivity index (χ1v) is 12.1. The van der Waals surface area contributed by atoms with Gasteiger partial charge in [0.1, 0.15) is 30.1 Å². The number of aliphatic hydroxyl groups is 2. The Hall–Kier alpha value is -0.870. The summed E-state index contributed by atoms with van der Waals surface area (Å²) in [6.07, 6.45) is -1.64. The number of imide groups is 1. The zero-order valence-corrected chi connectivity index (χ0v) is 19.1. The lowest BCUT2D eigenvalue weighted by molar-refractivity contribution is -0.235. The van der Waals surface area contributed by atoms with Crippen LogP contribution in [-0.4, -0.2) is 121 Å². The van der Waals surface area contributed by atoms with Gasteiger partial charge in [0, 0.05) is 23.7 Å². The van der Waals surface area contributed by atoms with Crippen molar-refractivity contribution >= 4 is 23.2 Å². The van der Waals surface area contributed by atoms with E-state index >= 15 is 0 Å². The average molecular weight is 481 g/mol. The van der Waals surface area contributed by atoms with Gasteiger partial charge in [-0.15, -0.1) is 4.72 Å². The van der Waals surface area contributed by atoms with Gasteiger partial charge in [0.25, 0.3) is 0 Å². The SMILES string of the molecule is CC1CC(=O)N(CCOCCOCCOC[C@@]23CO[C@@H](O2)[C@@H](N[S+](C)[O-])C(O)C3O)C1=O. The van der Waals surface area contributed by atoms with Crippen LogP contribution >= 0.6 is 0 Å². The highest BCUT2D eigenvalue weighted by atomic mass is 32.2. The van der Waals surface area contributed by atoms with E-state index in [0.717, 1.165) is 0 Å². The Bertz CT molecular complexity index is 656. The highest BCUT2D eigenvalue weighted by molar-refractivity contribution is 7.88. The second-order valence-electron chi connectivity index (χ2n) is 8.16. The number of hydrogen-bond acceptors (Lipinski definition) is 11. The fourth-order valence-corrected chi connectivity index (χ4v) is 4.56. The first kappa shape index (κ1) is 25.7. The number of aliphatic hydroxyl groups excluding tert-OH is 2. The van der Waals surface area contributed by atoms with E-state index < -0.39 is 41.5 Å².